The normalized spacial score (nSPS) is 20.0. The van der Waals surface area contributed by atoms with E-state index >= 15 is 0 Å². The number of aliphatic hydroxyl groups excluding tert-OH is 1. The van der Waals surface area contributed by atoms with Crippen molar-refractivity contribution in [1.29, 1.82) is 0 Å². The maximum atomic E-state index is 13.0. The third-order valence-electron chi connectivity index (χ3n) is 3.49. The molecule has 1 atom stereocenters. The second-order valence-corrected chi connectivity index (χ2v) is 4.89. The van der Waals surface area contributed by atoms with Crippen LogP contribution in [0.1, 0.15) is 18.4 Å². The van der Waals surface area contributed by atoms with Gasteiger partial charge in [0.25, 0.3) is 0 Å². The van der Waals surface area contributed by atoms with E-state index in [1.54, 1.807) is 4.90 Å². The molecule has 1 unspecified atom stereocenters. The molecule has 0 spiro atoms. The number of nitrogens with zero attached hydrogens (tertiary/aromatic N) is 1. The Hall–Kier alpha value is -1.43. The lowest BCUT2D eigenvalue weighted by Gasteiger charge is -2.23. The highest BCUT2D eigenvalue weighted by atomic mass is 19.4. The van der Waals surface area contributed by atoms with Crippen molar-refractivity contribution < 1.29 is 18.3 Å². The van der Waals surface area contributed by atoms with Gasteiger partial charge in [0.1, 0.15) is 0 Å². The Balaban J connectivity index is 2.26. The summed E-state index contributed by atoms with van der Waals surface area (Å²) in [6.45, 7) is 1.21. The number of nitrogen functional groups attached to an aromatic ring is 1. The van der Waals surface area contributed by atoms with Gasteiger partial charge in [-0.15, -0.1) is 0 Å². The Bertz CT molecular complexity index is 448. The molecule has 1 saturated heterocycles. The van der Waals surface area contributed by atoms with Gasteiger partial charge in [-0.05, 0) is 37.0 Å². The topological polar surface area (TPSA) is 49.5 Å². The number of halogens is 3. The zero-order valence-electron chi connectivity index (χ0n) is 10.5. The van der Waals surface area contributed by atoms with Crippen LogP contribution in [0.25, 0.3) is 0 Å². The fourth-order valence-electron chi connectivity index (χ4n) is 2.53. The highest BCUT2D eigenvalue weighted by Gasteiger charge is 2.36. The summed E-state index contributed by atoms with van der Waals surface area (Å²) in [5, 5.41) is 8.89. The molecule has 1 aromatic rings. The summed E-state index contributed by atoms with van der Waals surface area (Å²) in [7, 11) is 0. The average Bonchev–Trinajstić information content (AvgIpc) is 2.77. The SMILES string of the molecule is Nc1ccc(N2CCC(CCO)C2)c(C(F)(F)F)c1. The van der Waals surface area contributed by atoms with Crippen molar-refractivity contribution in [2.75, 3.05) is 30.3 Å². The van der Waals surface area contributed by atoms with Crippen LogP contribution in [0.15, 0.2) is 18.2 Å². The first-order valence-corrected chi connectivity index (χ1v) is 6.24. The molecule has 0 aliphatic carbocycles. The van der Waals surface area contributed by atoms with E-state index in [4.69, 9.17) is 10.8 Å². The number of alkyl halides is 3. The van der Waals surface area contributed by atoms with Crippen LogP contribution in [0.4, 0.5) is 24.5 Å². The second kappa shape index (κ2) is 5.28. The number of aliphatic hydroxyl groups is 1. The number of nitrogens with two attached hydrogens (primary N) is 1. The molecule has 19 heavy (non-hydrogen) atoms. The van der Waals surface area contributed by atoms with Gasteiger partial charge < -0.3 is 15.7 Å². The first kappa shape index (κ1) is 14.0. The molecule has 3 N–H and O–H groups in total. The third-order valence-corrected chi connectivity index (χ3v) is 3.49. The molecule has 3 nitrogen and oxygen atoms in total. The molecule has 0 radical (unpaired) electrons. The van der Waals surface area contributed by atoms with Crippen molar-refractivity contribution in [3.63, 3.8) is 0 Å². The van der Waals surface area contributed by atoms with Crippen molar-refractivity contribution in [3.05, 3.63) is 23.8 Å². The van der Waals surface area contributed by atoms with Gasteiger partial charge >= 0.3 is 6.18 Å². The Morgan fingerprint density at radius 3 is 2.74 bits per heavy atom. The summed E-state index contributed by atoms with van der Waals surface area (Å²) in [5.41, 5.74) is 5.06. The van der Waals surface area contributed by atoms with Gasteiger partial charge in [-0.3, -0.25) is 0 Å². The Labute approximate surface area is 109 Å². The fourth-order valence-corrected chi connectivity index (χ4v) is 2.53. The highest BCUT2D eigenvalue weighted by molar-refractivity contribution is 5.61. The van der Waals surface area contributed by atoms with Crippen molar-refractivity contribution in [2.45, 2.75) is 19.0 Å². The number of anilines is 2. The minimum absolute atomic E-state index is 0.0758. The summed E-state index contributed by atoms with van der Waals surface area (Å²) in [6, 6.07) is 3.90. The summed E-state index contributed by atoms with van der Waals surface area (Å²) in [4.78, 5) is 1.72. The van der Waals surface area contributed by atoms with Crippen LogP contribution >= 0.6 is 0 Å². The fraction of sp³-hybridized carbons (Fsp3) is 0.538. The molecular formula is C13H17F3N2O. The molecule has 106 valence electrons. The molecule has 1 heterocycles. The number of hydrogen-bond donors (Lipinski definition) is 2. The first-order chi connectivity index (χ1) is 8.91. The summed E-state index contributed by atoms with van der Waals surface area (Å²) in [6.07, 6.45) is -2.96. The predicted molar refractivity (Wildman–Crippen MR) is 67.9 cm³/mol. The van der Waals surface area contributed by atoms with Crippen molar-refractivity contribution in [3.8, 4) is 0 Å². The highest BCUT2D eigenvalue weighted by Crippen LogP contribution is 2.39. The Morgan fingerprint density at radius 1 is 1.37 bits per heavy atom. The van der Waals surface area contributed by atoms with E-state index in [0.717, 1.165) is 12.5 Å². The van der Waals surface area contributed by atoms with E-state index < -0.39 is 11.7 Å². The summed E-state index contributed by atoms with van der Waals surface area (Å²) in [5.74, 6) is 0.253. The van der Waals surface area contributed by atoms with Crippen LogP contribution in [-0.4, -0.2) is 24.8 Å². The molecule has 1 fully saturated rings. The number of hydrogen-bond acceptors (Lipinski definition) is 3. The van der Waals surface area contributed by atoms with E-state index in [2.05, 4.69) is 0 Å². The number of rotatable bonds is 3. The smallest absolute Gasteiger partial charge is 0.399 e. The minimum atomic E-state index is -4.40. The van der Waals surface area contributed by atoms with Crippen molar-refractivity contribution in [1.82, 2.24) is 0 Å². The van der Waals surface area contributed by atoms with Gasteiger partial charge in [-0.1, -0.05) is 0 Å². The Kier molecular flexibility index (Phi) is 3.89. The maximum Gasteiger partial charge on any atom is 0.418 e. The molecule has 1 aliphatic heterocycles. The quantitative estimate of drug-likeness (QED) is 0.833. The molecule has 6 heteroatoms. The van der Waals surface area contributed by atoms with E-state index in [1.165, 1.54) is 12.1 Å². The van der Waals surface area contributed by atoms with E-state index in [9.17, 15) is 13.2 Å². The molecular weight excluding hydrogens is 257 g/mol. The lowest BCUT2D eigenvalue weighted by atomic mass is 10.1. The lowest BCUT2D eigenvalue weighted by molar-refractivity contribution is -0.137. The van der Waals surface area contributed by atoms with Crippen LogP contribution in [0, 0.1) is 5.92 Å². The second-order valence-electron chi connectivity index (χ2n) is 4.89. The van der Waals surface area contributed by atoms with Crippen LogP contribution in [0.3, 0.4) is 0 Å². The van der Waals surface area contributed by atoms with Crippen LogP contribution in [0.2, 0.25) is 0 Å². The minimum Gasteiger partial charge on any atom is -0.399 e. The monoisotopic (exact) mass is 274 g/mol. The van der Waals surface area contributed by atoms with E-state index in [0.29, 0.717) is 19.5 Å². The lowest BCUT2D eigenvalue weighted by Crippen LogP contribution is -2.23. The molecule has 1 aromatic carbocycles. The van der Waals surface area contributed by atoms with Gasteiger partial charge in [0.05, 0.1) is 5.56 Å². The maximum absolute atomic E-state index is 13.0. The van der Waals surface area contributed by atoms with Crippen molar-refractivity contribution >= 4 is 11.4 Å². The Morgan fingerprint density at radius 2 is 2.11 bits per heavy atom. The van der Waals surface area contributed by atoms with Crippen molar-refractivity contribution in [2.24, 2.45) is 5.92 Å². The zero-order chi connectivity index (χ0) is 14.0. The largest absolute Gasteiger partial charge is 0.418 e. The van der Waals surface area contributed by atoms with Gasteiger partial charge in [0.15, 0.2) is 0 Å². The molecule has 0 amide bonds. The summed E-state index contributed by atoms with van der Waals surface area (Å²) < 4.78 is 39.0. The molecule has 0 saturated carbocycles. The van der Waals surface area contributed by atoms with Gasteiger partial charge in [-0.25, -0.2) is 0 Å². The third kappa shape index (κ3) is 3.12. The predicted octanol–water partition coefficient (Wildman–Crippen LogP) is 2.50. The van der Waals surface area contributed by atoms with Gasteiger partial charge in [0.2, 0.25) is 0 Å². The van der Waals surface area contributed by atoms with Crippen LogP contribution < -0.4 is 10.6 Å². The first-order valence-electron chi connectivity index (χ1n) is 6.24. The number of benzene rings is 1. The average molecular weight is 274 g/mol. The van der Waals surface area contributed by atoms with E-state index in [1.807, 2.05) is 0 Å². The molecule has 0 aromatic heterocycles. The van der Waals surface area contributed by atoms with Crippen LogP contribution in [0.5, 0.6) is 0 Å². The van der Waals surface area contributed by atoms with Gasteiger partial charge in [0, 0.05) is 31.1 Å². The molecule has 2 rings (SSSR count). The van der Waals surface area contributed by atoms with Gasteiger partial charge in [-0.2, -0.15) is 13.2 Å². The standard InChI is InChI=1S/C13H17F3N2O/c14-13(15,16)11-7-10(17)1-2-12(11)18-5-3-9(8-18)4-6-19/h1-2,7,9,19H,3-6,8,17H2. The molecule has 0 bridgehead atoms. The molecule has 1 aliphatic rings. The van der Waals surface area contributed by atoms with E-state index in [-0.39, 0.29) is 23.9 Å². The van der Waals surface area contributed by atoms with Crippen LogP contribution in [-0.2, 0) is 6.18 Å². The summed E-state index contributed by atoms with van der Waals surface area (Å²) >= 11 is 0. The zero-order valence-corrected chi connectivity index (χ0v) is 10.5.